The molecular formula is C11H9ClN2O4S. The Morgan fingerprint density at radius 1 is 1.47 bits per heavy atom. The summed E-state index contributed by atoms with van der Waals surface area (Å²) in [6.07, 6.45) is 2.63. The maximum Gasteiger partial charge on any atom is 0.298 e. The minimum atomic E-state index is -3.84. The van der Waals surface area contributed by atoms with Gasteiger partial charge in [-0.15, -0.1) is 0 Å². The minimum Gasteiger partial charge on any atom is -0.357 e. The molecule has 0 unspecified atom stereocenters. The van der Waals surface area contributed by atoms with Gasteiger partial charge in [-0.2, -0.15) is 8.42 Å². The van der Waals surface area contributed by atoms with Gasteiger partial charge in [0.15, 0.2) is 0 Å². The standard InChI is InChI=1S/C11H9ClN2O4S/c1-18-19(16,17)7-5-9(14-6-7)10(15)8-3-2-4-13-11(8)12/h2-6,14H,1H3. The molecule has 2 aromatic rings. The van der Waals surface area contributed by atoms with Crippen LogP contribution in [-0.4, -0.2) is 31.3 Å². The summed E-state index contributed by atoms with van der Waals surface area (Å²) in [5.41, 5.74) is 0.276. The van der Waals surface area contributed by atoms with Gasteiger partial charge in [-0.3, -0.25) is 8.98 Å². The van der Waals surface area contributed by atoms with Crippen LogP contribution in [0.5, 0.6) is 0 Å². The molecule has 0 spiro atoms. The fraction of sp³-hybridized carbons (Fsp3) is 0.0909. The smallest absolute Gasteiger partial charge is 0.298 e. The van der Waals surface area contributed by atoms with E-state index in [1.165, 1.54) is 24.5 Å². The summed E-state index contributed by atoms with van der Waals surface area (Å²) in [6, 6.07) is 4.25. The van der Waals surface area contributed by atoms with Crippen molar-refractivity contribution in [3.63, 3.8) is 0 Å². The number of hydrogen-bond donors (Lipinski definition) is 1. The number of H-pyrrole nitrogens is 1. The molecule has 0 bridgehead atoms. The molecule has 0 saturated carbocycles. The number of aromatic amines is 1. The van der Waals surface area contributed by atoms with Gasteiger partial charge in [0.25, 0.3) is 10.1 Å². The van der Waals surface area contributed by atoms with Crippen molar-refractivity contribution in [3.8, 4) is 0 Å². The molecule has 2 aromatic heterocycles. The predicted molar refractivity (Wildman–Crippen MR) is 67.7 cm³/mol. The van der Waals surface area contributed by atoms with Crippen LogP contribution in [0.15, 0.2) is 35.5 Å². The number of nitrogens with one attached hydrogen (secondary N) is 1. The van der Waals surface area contributed by atoms with Crippen molar-refractivity contribution in [2.24, 2.45) is 0 Å². The zero-order valence-corrected chi connectivity index (χ0v) is 11.3. The number of pyridine rings is 1. The number of rotatable bonds is 4. The lowest BCUT2D eigenvalue weighted by molar-refractivity contribution is 0.103. The molecule has 100 valence electrons. The number of ketones is 1. The number of aromatic nitrogens is 2. The summed E-state index contributed by atoms with van der Waals surface area (Å²) in [5, 5.41) is 0.0539. The van der Waals surface area contributed by atoms with Crippen LogP contribution in [-0.2, 0) is 14.3 Å². The van der Waals surface area contributed by atoms with E-state index in [1.54, 1.807) is 6.07 Å². The highest BCUT2D eigenvalue weighted by molar-refractivity contribution is 7.86. The first-order valence-corrected chi connectivity index (χ1v) is 6.88. The van der Waals surface area contributed by atoms with E-state index in [-0.39, 0.29) is 21.3 Å². The lowest BCUT2D eigenvalue weighted by Gasteiger charge is -1.99. The Kier molecular flexibility index (Phi) is 3.70. The summed E-state index contributed by atoms with van der Waals surface area (Å²) in [6.45, 7) is 0. The molecule has 0 amide bonds. The summed E-state index contributed by atoms with van der Waals surface area (Å²) < 4.78 is 27.2. The molecule has 19 heavy (non-hydrogen) atoms. The van der Waals surface area contributed by atoms with Gasteiger partial charge in [0.2, 0.25) is 5.78 Å². The van der Waals surface area contributed by atoms with Crippen LogP contribution in [0.2, 0.25) is 5.15 Å². The number of carbonyl (C=O) groups excluding carboxylic acids is 1. The molecule has 0 saturated heterocycles. The van der Waals surface area contributed by atoms with E-state index >= 15 is 0 Å². The Labute approximate surface area is 114 Å². The Balaban J connectivity index is 2.40. The van der Waals surface area contributed by atoms with Crippen molar-refractivity contribution in [3.05, 3.63) is 47.0 Å². The van der Waals surface area contributed by atoms with Gasteiger partial charge in [0, 0.05) is 12.4 Å². The average Bonchev–Trinajstić information content (AvgIpc) is 2.89. The van der Waals surface area contributed by atoms with Crippen molar-refractivity contribution >= 4 is 27.5 Å². The highest BCUT2D eigenvalue weighted by Crippen LogP contribution is 2.19. The predicted octanol–water partition coefficient (Wildman–Crippen LogP) is 1.63. The Hall–Kier alpha value is -1.70. The van der Waals surface area contributed by atoms with Gasteiger partial charge in [-0.05, 0) is 18.2 Å². The summed E-state index contributed by atoms with van der Waals surface area (Å²) in [5.74, 6) is -0.448. The minimum absolute atomic E-state index is 0.0539. The third kappa shape index (κ3) is 2.67. The zero-order valence-electron chi connectivity index (χ0n) is 9.75. The topological polar surface area (TPSA) is 89.1 Å². The van der Waals surface area contributed by atoms with Crippen molar-refractivity contribution in [1.82, 2.24) is 9.97 Å². The highest BCUT2D eigenvalue weighted by atomic mass is 35.5. The fourth-order valence-electron chi connectivity index (χ4n) is 1.45. The van der Waals surface area contributed by atoms with Gasteiger partial charge in [-0.25, -0.2) is 4.98 Å². The molecule has 6 nitrogen and oxygen atoms in total. The Morgan fingerprint density at radius 3 is 2.84 bits per heavy atom. The Bertz CT molecular complexity index is 724. The molecule has 0 radical (unpaired) electrons. The third-order valence-corrected chi connectivity index (χ3v) is 3.97. The number of halogens is 1. The summed E-state index contributed by atoms with van der Waals surface area (Å²) in [4.78, 5) is 18.3. The first-order chi connectivity index (χ1) is 8.95. The van der Waals surface area contributed by atoms with Crippen LogP contribution in [0.1, 0.15) is 16.1 Å². The zero-order chi connectivity index (χ0) is 14.0. The maximum atomic E-state index is 12.1. The normalized spacial score (nSPS) is 11.5. The SMILES string of the molecule is COS(=O)(=O)c1c[nH]c(C(=O)c2cccnc2Cl)c1. The van der Waals surface area contributed by atoms with Crippen molar-refractivity contribution in [2.75, 3.05) is 7.11 Å². The lowest BCUT2D eigenvalue weighted by Crippen LogP contribution is -2.04. The van der Waals surface area contributed by atoms with Crippen LogP contribution >= 0.6 is 11.6 Å². The van der Waals surface area contributed by atoms with Gasteiger partial charge in [0.1, 0.15) is 10.0 Å². The van der Waals surface area contributed by atoms with Gasteiger partial charge in [0.05, 0.1) is 18.4 Å². The van der Waals surface area contributed by atoms with Gasteiger partial charge < -0.3 is 4.98 Å². The van der Waals surface area contributed by atoms with Crippen LogP contribution in [0.3, 0.4) is 0 Å². The number of carbonyl (C=O) groups is 1. The third-order valence-electron chi connectivity index (χ3n) is 2.41. The second-order valence-electron chi connectivity index (χ2n) is 3.54. The monoisotopic (exact) mass is 300 g/mol. The second-order valence-corrected chi connectivity index (χ2v) is 5.61. The van der Waals surface area contributed by atoms with E-state index < -0.39 is 15.9 Å². The molecule has 8 heteroatoms. The van der Waals surface area contributed by atoms with E-state index in [9.17, 15) is 13.2 Å². The molecule has 0 atom stereocenters. The number of hydrogen-bond acceptors (Lipinski definition) is 5. The summed E-state index contributed by atoms with van der Waals surface area (Å²) in [7, 11) is -2.79. The molecule has 0 fully saturated rings. The van der Waals surface area contributed by atoms with Crippen LogP contribution in [0, 0.1) is 0 Å². The van der Waals surface area contributed by atoms with Crippen molar-refractivity contribution in [2.45, 2.75) is 4.90 Å². The van der Waals surface area contributed by atoms with E-state index in [1.807, 2.05) is 0 Å². The molecular weight excluding hydrogens is 292 g/mol. The first-order valence-electron chi connectivity index (χ1n) is 5.10. The Morgan fingerprint density at radius 2 is 2.21 bits per heavy atom. The average molecular weight is 301 g/mol. The van der Waals surface area contributed by atoms with Gasteiger partial charge in [-0.1, -0.05) is 11.6 Å². The molecule has 2 rings (SSSR count). The molecule has 0 aliphatic carbocycles. The second kappa shape index (κ2) is 5.12. The first kappa shape index (κ1) is 13.7. The molecule has 2 heterocycles. The molecule has 0 aliphatic rings. The fourth-order valence-corrected chi connectivity index (χ4v) is 2.31. The van der Waals surface area contributed by atoms with Crippen LogP contribution in [0.4, 0.5) is 0 Å². The molecule has 1 N–H and O–H groups in total. The molecule has 0 aliphatic heterocycles. The van der Waals surface area contributed by atoms with Crippen LogP contribution < -0.4 is 0 Å². The summed E-state index contributed by atoms with van der Waals surface area (Å²) >= 11 is 5.80. The van der Waals surface area contributed by atoms with Crippen LogP contribution in [0.25, 0.3) is 0 Å². The lowest BCUT2D eigenvalue weighted by atomic mass is 10.1. The number of nitrogens with zero attached hydrogens (tertiary/aromatic N) is 1. The van der Waals surface area contributed by atoms with E-state index in [0.717, 1.165) is 7.11 Å². The largest absolute Gasteiger partial charge is 0.357 e. The van der Waals surface area contributed by atoms with Crippen molar-refractivity contribution in [1.29, 1.82) is 0 Å². The quantitative estimate of drug-likeness (QED) is 0.526. The van der Waals surface area contributed by atoms with E-state index in [2.05, 4.69) is 14.2 Å². The highest BCUT2D eigenvalue weighted by Gasteiger charge is 2.20. The van der Waals surface area contributed by atoms with E-state index in [4.69, 9.17) is 11.6 Å². The molecule has 0 aromatic carbocycles. The maximum absolute atomic E-state index is 12.1. The van der Waals surface area contributed by atoms with E-state index in [0.29, 0.717) is 0 Å². The van der Waals surface area contributed by atoms with Gasteiger partial charge >= 0.3 is 0 Å². The van der Waals surface area contributed by atoms with Crippen molar-refractivity contribution < 1.29 is 17.4 Å².